The second kappa shape index (κ2) is 11.7. The van der Waals surface area contributed by atoms with E-state index in [9.17, 15) is 14.0 Å². The third-order valence-corrected chi connectivity index (χ3v) is 9.47. The number of fused-ring (bicyclic) bond motifs is 2. The molecule has 0 radical (unpaired) electrons. The molecule has 0 N–H and O–H groups in total. The molecule has 0 spiro atoms. The Morgan fingerprint density at radius 3 is 2.52 bits per heavy atom. The van der Waals surface area contributed by atoms with Crippen LogP contribution in [-0.2, 0) is 16.1 Å². The summed E-state index contributed by atoms with van der Waals surface area (Å²) in [5, 5.41) is 2.93. The van der Waals surface area contributed by atoms with Crippen molar-refractivity contribution < 1.29 is 13.9 Å². The van der Waals surface area contributed by atoms with Gasteiger partial charge in [-0.1, -0.05) is 78.1 Å². The number of carbonyl (C=O) groups excluding carboxylic acids is 1. The first-order valence-electron chi connectivity index (χ1n) is 14.2. The number of rotatable bonds is 7. The molecule has 0 bridgehead atoms. The Morgan fingerprint density at radius 2 is 1.77 bits per heavy atom. The highest BCUT2D eigenvalue weighted by molar-refractivity contribution is 7.10. The zero-order chi connectivity index (χ0) is 30.2. The van der Waals surface area contributed by atoms with E-state index in [1.165, 1.54) is 34.8 Å². The molecular formula is C35H26FN3O3S2. The maximum atomic E-state index is 14.2. The van der Waals surface area contributed by atoms with E-state index >= 15 is 0 Å². The van der Waals surface area contributed by atoms with Crippen LogP contribution in [0.1, 0.15) is 34.5 Å². The van der Waals surface area contributed by atoms with Crippen LogP contribution in [0.15, 0.2) is 118 Å². The first kappa shape index (κ1) is 27.9. The molecule has 0 unspecified atom stereocenters. The van der Waals surface area contributed by atoms with Gasteiger partial charge >= 0.3 is 5.97 Å². The minimum absolute atomic E-state index is 0.202. The number of thiazole rings is 1. The maximum absolute atomic E-state index is 14.2. The third kappa shape index (κ3) is 5.04. The Morgan fingerprint density at radius 1 is 1.00 bits per heavy atom. The number of hydrogen-bond acceptors (Lipinski definition) is 6. The molecule has 1 aliphatic rings. The molecule has 0 saturated heterocycles. The lowest BCUT2D eigenvalue weighted by molar-refractivity contribution is -0.138. The van der Waals surface area contributed by atoms with Gasteiger partial charge in [0.2, 0.25) is 0 Å². The van der Waals surface area contributed by atoms with E-state index < -0.39 is 12.0 Å². The van der Waals surface area contributed by atoms with Crippen molar-refractivity contribution in [2.24, 2.45) is 4.99 Å². The van der Waals surface area contributed by atoms with Crippen molar-refractivity contribution in [3.05, 3.63) is 155 Å². The molecule has 7 rings (SSSR count). The number of carbonyl (C=O) groups is 1. The molecule has 0 saturated carbocycles. The standard InChI is InChI=1S/C35H26FN3O3S2/c1-2-42-34(41)30-31(23-9-4-3-5-10-23)37-35-39(32(30)28-13-8-18-43-28)33(40)29(44-35)19-24-21-38(27-12-7-6-11-26(24)27)20-22-14-16-25(36)17-15-22/h3-19,21,32H,2,20H2,1H3/b29-19-/t32-/m1/s1. The Balaban J connectivity index is 1.43. The molecule has 0 amide bonds. The highest BCUT2D eigenvalue weighted by atomic mass is 32.1. The average Bonchev–Trinajstić information content (AvgIpc) is 3.77. The van der Waals surface area contributed by atoms with Crippen molar-refractivity contribution in [1.29, 1.82) is 0 Å². The van der Waals surface area contributed by atoms with Crippen molar-refractivity contribution in [1.82, 2.24) is 9.13 Å². The fraction of sp³-hybridized carbons (Fsp3) is 0.114. The van der Waals surface area contributed by atoms with Crippen LogP contribution in [-0.4, -0.2) is 21.7 Å². The summed E-state index contributed by atoms with van der Waals surface area (Å²) in [6, 6.07) is 27.2. The molecule has 0 aliphatic carbocycles. The van der Waals surface area contributed by atoms with Gasteiger partial charge in [-0.3, -0.25) is 9.36 Å². The van der Waals surface area contributed by atoms with Crippen molar-refractivity contribution >= 4 is 51.3 Å². The van der Waals surface area contributed by atoms with Gasteiger partial charge in [0.1, 0.15) is 11.9 Å². The molecule has 6 nitrogen and oxygen atoms in total. The number of halogens is 1. The summed E-state index contributed by atoms with van der Waals surface area (Å²) in [6.07, 6.45) is 3.91. The summed E-state index contributed by atoms with van der Waals surface area (Å²) in [4.78, 5) is 34.1. The minimum Gasteiger partial charge on any atom is -0.463 e. The van der Waals surface area contributed by atoms with Gasteiger partial charge in [0.15, 0.2) is 4.80 Å². The lowest BCUT2D eigenvalue weighted by Crippen LogP contribution is -2.39. The van der Waals surface area contributed by atoms with Gasteiger partial charge in [-0.2, -0.15) is 0 Å². The number of thiophene rings is 1. The van der Waals surface area contributed by atoms with Gasteiger partial charge in [-0.25, -0.2) is 14.2 Å². The van der Waals surface area contributed by atoms with E-state index in [1.807, 2.05) is 84.4 Å². The van der Waals surface area contributed by atoms with Crippen LogP contribution in [0.2, 0.25) is 0 Å². The zero-order valence-electron chi connectivity index (χ0n) is 23.6. The molecular weight excluding hydrogens is 594 g/mol. The topological polar surface area (TPSA) is 65.6 Å². The van der Waals surface area contributed by atoms with Crippen LogP contribution < -0.4 is 14.9 Å². The highest BCUT2D eigenvalue weighted by Gasteiger charge is 2.35. The molecule has 1 atom stereocenters. The van der Waals surface area contributed by atoms with Gasteiger partial charge < -0.3 is 9.30 Å². The monoisotopic (exact) mass is 619 g/mol. The molecule has 6 aromatic rings. The van der Waals surface area contributed by atoms with Crippen molar-refractivity contribution in [2.45, 2.75) is 19.5 Å². The van der Waals surface area contributed by atoms with Crippen LogP contribution in [0.5, 0.6) is 0 Å². The van der Waals surface area contributed by atoms with Gasteiger partial charge in [0, 0.05) is 39.6 Å². The number of aromatic nitrogens is 2. The highest BCUT2D eigenvalue weighted by Crippen LogP contribution is 2.37. The zero-order valence-corrected chi connectivity index (χ0v) is 25.3. The number of hydrogen-bond donors (Lipinski definition) is 0. The summed E-state index contributed by atoms with van der Waals surface area (Å²) < 4.78 is 23.3. The van der Waals surface area contributed by atoms with Crippen molar-refractivity contribution in [2.75, 3.05) is 6.61 Å². The van der Waals surface area contributed by atoms with Crippen LogP contribution in [0.3, 0.4) is 0 Å². The van der Waals surface area contributed by atoms with E-state index in [2.05, 4.69) is 4.57 Å². The predicted octanol–water partition coefficient (Wildman–Crippen LogP) is 6.14. The smallest absolute Gasteiger partial charge is 0.338 e. The van der Waals surface area contributed by atoms with Crippen LogP contribution in [0.4, 0.5) is 4.39 Å². The van der Waals surface area contributed by atoms with Crippen molar-refractivity contribution in [3.8, 4) is 0 Å². The Kier molecular flexibility index (Phi) is 7.41. The van der Waals surface area contributed by atoms with E-state index in [0.717, 1.165) is 32.5 Å². The summed E-state index contributed by atoms with van der Waals surface area (Å²) in [5.74, 6) is -0.767. The molecule has 4 heterocycles. The molecule has 218 valence electrons. The number of benzene rings is 3. The largest absolute Gasteiger partial charge is 0.463 e. The Labute approximate surface area is 260 Å². The fourth-order valence-electron chi connectivity index (χ4n) is 5.61. The Bertz CT molecular complexity index is 2210. The minimum atomic E-state index is -0.678. The molecule has 3 aromatic heterocycles. The summed E-state index contributed by atoms with van der Waals surface area (Å²) in [7, 11) is 0. The van der Waals surface area contributed by atoms with Crippen LogP contribution in [0.25, 0.3) is 22.7 Å². The summed E-state index contributed by atoms with van der Waals surface area (Å²) >= 11 is 2.79. The molecule has 44 heavy (non-hydrogen) atoms. The maximum Gasteiger partial charge on any atom is 0.338 e. The summed E-state index contributed by atoms with van der Waals surface area (Å²) in [5.41, 5.74) is 4.25. The van der Waals surface area contributed by atoms with Gasteiger partial charge in [0.25, 0.3) is 5.56 Å². The first-order chi connectivity index (χ1) is 21.5. The molecule has 9 heteroatoms. The van der Waals surface area contributed by atoms with Crippen LogP contribution >= 0.6 is 22.7 Å². The summed E-state index contributed by atoms with van der Waals surface area (Å²) in [6.45, 7) is 2.52. The molecule has 1 aliphatic heterocycles. The second-order valence-corrected chi connectivity index (χ2v) is 12.3. The normalized spacial score (nSPS) is 15.0. The quantitative estimate of drug-likeness (QED) is 0.202. The average molecular weight is 620 g/mol. The number of ether oxygens (including phenoxy) is 1. The Hall–Kier alpha value is -4.86. The van der Waals surface area contributed by atoms with E-state index in [-0.39, 0.29) is 18.0 Å². The second-order valence-electron chi connectivity index (χ2n) is 10.3. The number of para-hydroxylation sites is 1. The lowest BCUT2D eigenvalue weighted by atomic mass is 9.97. The molecule has 0 fully saturated rings. The van der Waals surface area contributed by atoms with E-state index in [1.54, 1.807) is 23.6 Å². The van der Waals surface area contributed by atoms with Gasteiger partial charge in [-0.05, 0) is 48.2 Å². The SMILES string of the molecule is CCOC(=O)C1=C(c2ccccc2)N=c2s/c(=C\c3cn(Cc4ccc(F)cc4)c4ccccc34)c(=O)n2[C@@H]1c1cccs1. The van der Waals surface area contributed by atoms with Gasteiger partial charge in [0.05, 0.1) is 22.4 Å². The molecule has 3 aromatic carbocycles. The lowest BCUT2D eigenvalue weighted by Gasteiger charge is -2.24. The van der Waals surface area contributed by atoms with E-state index in [4.69, 9.17) is 9.73 Å². The fourth-order valence-corrected chi connectivity index (χ4v) is 7.42. The number of nitrogens with zero attached hydrogens (tertiary/aromatic N) is 3. The third-order valence-electron chi connectivity index (χ3n) is 7.56. The van der Waals surface area contributed by atoms with Gasteiger partial charge in [-0.15, -0.1) is 11.3 Å². The van der Waals surface area contributed by atoms with Crippen LogP contribution in [0, 0.1) is 5.82 Å². The number of esters is 1. The van der Waals surface area contributed by atoms with E-state index in [0.29, 0.717) is 27.1 Å². The predicted molar refractivity (Wildman–Crippen MR) is 173 cm³/mol. The van der Waals surface area contributed by atoms with Crippen molar-refractivity contribution in [3.63, 3.8) is 0 Å². The first-order valence-corrected chi connectivity index (χ1v) is 15.9.